The van der Waals surface area contributed by atoms with Crippen LogP contribution in [-0.2, 0) is 16.0 Å². The topological polar surface area (TPSA) is 110 Å². The highest BCUT2D eigenvalue weighted by Crippen LogP contribution is 2.47. The van der Waals surface area contributed by atoms with Crippen molar-refractivity contribution in [3.8, 4) is 45.6 Å². The highest BCUT2D eigenvalue weighted by atomic mass is 16.7. The standard InChI is InChI=1S/C35H32O9/c1-3-13-40-26-8-10-27-23(15-26)16-29(34(27)22-7-11-31-32(17-22)43-20-42-31)35(38)44-30-12-9-24(39-2)18-28(30)21-5-4-6-25(14-21)41-19-33(36)37/h4-12,14-15,17-18,29,34H,3,13,16,19-20H2,1-2H3,(H,36,37). The molecule has 0 saturated heterocycles. The van der Waals surface area contributed by atoms with Crippen LogP contribution < -0.4 is 28.4 Å². The van der Waals surface area contributed by atoms with Crippen LogP contribution in [0, 0.1) is 5.92 Å². The summed E-state index contributed by atoms with van der Waals surface area (Å²) >= 11 is 0. The third kappa shape index (κ3) is 5.99. The van der Waals surface area contributed by atoms with Crippen LogP contribution in [0.4, 0.5) is 0 Å². The fraction of sp³-hybridized carbons (Fsp3) is 0.257. The number of rotatable bonds is 11. The van der Waals surface area contributed by atoms with E-state index in [0.717, 1.165) is 28.9 Å². The van der Waals surface area contributed by atoms with Gasteiger partial charge in [-0.25, -0.2) is 4.79 Å². The van der Waals surface area contributed by atoms with Gasteiger partial charge in [0, 0.05) is 11.5 Å². The van der Waals surface area contributed by atoms with Crippen LogP contribution >= 0.6 is 0 Å². The molecule has 2 aliphatic rings. The maximum Gasteiger partial charge on any atom is 0.341 e. The first-order valence-electron chi connectivity index (χ1n) is 14.4. The lowest BCUT2D eigenvalue weighted by Gasteiger charge is -2.21. The van der Waals surface area contributed by atoms with Crippen molar-refractivity contribution in [1.29, 1.82) is 0 Å². The Bertz CT molecular complexity index is 1700. The number of aliphatic carboxylic acids is 1. The molecular weight excluding hydrogens is 564 g/mol. The zero-order valence-electron chi connectivity index (χ0n) is 24.4. The zero-order chi connectivity index (χ0) is 30.6. The molecule has 0 radical (unpaired) electrons. The summed E-state index contributed by atoms with van der Waals surface area (Å²) in [6, 6.07) is 23.9. The Labute approximate surface area is 254 Å². The van der Waals surface area contributed by atoms with Gasteiger partial charge in [0.2, 0.25) is 6.79 Å². The van der Waals surface area contributed by atoms with E-state index in [2.05, 4.69) is 6.92 Å². The van der Waals surface area contributed by atoms with Gasteiger partial charge in [0.15, 0.2) is 18.1 Å². The molecule has 6 rings (SSSR count). The second-order valence-electron chi connectivity index (χ2n) is 10.6. The van der Waals surface area contributed by atoms with E-state index in [1.54, 1.807) is 43.5 Å². The number of hydrogen-bond acceptors (Lipinski definition) is 8. The third-order valence-corrected chi connectivity index (χ3v) is 7.73. The highest BCUT2D eigenvalue weighted by Gasteiger charge is 2.40. The molecule has 0 amide bonds. The summed E-state index contributed by atoms with van der Waals surface area (Å²) in [6.45, 7) is 2.35. The van der Waals surface area contributed by atoms with Crippen LogP contribution in [0.15, 0.2) is 78.9 Å². The van der Waals surface area contributed by atoms with Gasteiger partial charge in [-0.1, -0.05) is 31.2 Å². The molecule has 0 saturated carbocycles. The molecule has 0 bridgehead atoms. The molecule has 9 nitrogen and oxygen atoms in total. The normalized spacial score (nSPS) is 16.2. The van der Waals surface area contributed by atoms with Crippen molar-refractivity contribution in [2.45, 2.75) is 25.7 Å². The minimum Gasteiger partial charge on any atom is -0.497 e. The van der Waals surface area contributed by atoms with E-state index in [4.69, 9.17) is 33.5 Å². The van der Waals surface area contributed by atoms with Crippen LogP contribution in [0.2, 0.25) is 0 Å². The quantitative estimate of drug-likeness (QED) is 0.159. The Morgan fingerprint density at radius 3 is 2.52 bits per heavy atom. The second kappa shape index (κ2) is 12.6. The summed E-state index contributed by atoms with van der Waals surface area (Å²) < 4.78 is 34.1. The van der Waals surface area contributed by atoms with Crippen molar-refractivity contribution in [3.63, 3.8) is 0 Å². The molecular formula is C35H32O9. The van der Waals surface area contributed by atoms with E-state index >= 15 is 0 Å². The predicted molar refractivity (Wildman–Crippen MR) is 161 cm³/mol. The molecule has 44 heavy (non-hydrogen) atoms. The molecule has 0 spiro atoms. The molecule has 1 aliphatic carbocycles. The van der Waals surface area contributed by atoms with E-state index < -0.39 is 18.5 Å². The fourth-order valence-corrected chi connectivity index (χ4v) is 5.71. The SMILES string of the molecule is CCCOc1ccc2c(c1)CC(C(=O)Oc1ccc(OC)cc1-c1cccc(OCC(=O)O)c1)C2c1ccc2c(c1)OCO2. The van der Waals surface area contributed by atoms with Gasteiger partial charge in [-0.2, -0.15) is 0 Å². The lowest BCUT2D eigenvalue weighted by Crippen LogP contribution is -2.25. The van der Waals surface area contributed by atoms with Gasteiger partial charge in [-0.3, -0.25) is 4.79 Å². The van der Waals surface area contributed by atoms with Gasteiger partial charge in [0.05, 0.1) is 19.6 Å². The molecule has 1 N–H and O–H groups in total. The van der Waals surface area contributed by atoms with Gasteiger partial charge in [-0.05, 0) is 89.7 Å². The number of carboxylic acid groups (broad SMARTS) is 1. The predicted octanol–water partition coefficient (Wildman–Crippen LogP) is 6.25. The van der Waals surface area contributed by atoms with Crippen LogP contribution in [0.1, 0.15) is 36.0 Å². The van der Waals surface area contributed by atoms with Crippen molar-refractivity contribution >= 4 is 11.9 Å². The van der Waals surface area contributed by atoms with Crippen LogP contribution in [0.3, 0.4) is 0 Å². The number of ether oxygens (including phenoxy) is 6. The molecule has 2 unspecified atom stereocenters. The first-order valence-corrected chi connectivity index (χ1v) is 14.4. The summed E-state index contributed by atoms with van der Waals surface area (Å²) in [6.07, 6.45) is 1.37. The van der Waals surface area contributed by atoms with Gasteiger partial charge >= 0.3 is 11.9 Å². The summed E-state index contributed by atoms with van der Waals surface area (Å²) in [5, 5.41) is 9.03. The first kappa shape index (κ1) is 28.9. The molecule has 4 aromatic carbocycles. The molecule has 1 heterocycles. The molecule has 226 valence electrons. The Kier molecular flexibility index (Phi) is 8.27. The number of carboxylic acids is 1. The van der Waals surface area contributed by atoms with E-state index in [1.165, 1.54) is 0 Å². The lowest BCUT2D eigenvalue weighted by molar-refractivity contribution is -0.140. The summed E-state index contributed by atoms with van der Waals surface area (Å²) in [5.41, 5.74) is 4.27. The first-order chi connectivity index (χ1) is 21.4. The average Bonchev–Trinajstić information content (AvgIpc) is 3.67. The van der Waals surface area contributed by atoms with E-state index in [1.807, 2.05) is 42.5 Å². The van der Waals surface area contributed by atoms with Crippen molar-refractivity contribution in [2.75, 3.05) is 27.1 Å². The average molecular weight is 597 g/mol. The van der Waals surface area contributed by atoms with Gasteiger partial charge in [0.25, 0.3) is 0 Å². The summed E-state index contributed by atoms with van der Waals surface area (Å²) in [4.78, 5) is 25.1. The Balaban J connectivity index is 1.34. The van der Waals surface area contributed by atoms with E-state index in [-0.39, 0.29) is 18.7 Å². The zero-order valence-corrected chi connectivity index (χ0v) is 24.4. The van der Waals surface area contributed by atoms with Crippen LogP contribution in [0.5, 0.6) is 34.5 Å². The minimum atomic E-state index is -1.08. The summed E-state index contributed by atoms with van der Waals surface area (Å²) in [7, 11) is 1.56. The molecule has 0 fully saturated rings. The Morgan fingerprint density at radius 1 is 0.886 bits per heavy atom. The van der Waals surface area contributed by atoms with Gasteiger partial charge < -0.3 is 33.5 Å². The van der Waals surface area contributed by atoms with Crippen molar-refractivity contribution in [1.82, 2.24) is 0 Å². The number of esters is 1. The number of methoxy groups -OCH3 is 1. The van der Waals surface area contributed by atoms with Gasteiger partial charge in [0.1, 0.15) is 23.0 Å². The van der Waals surface area contributed by atoms with E-state index in [9.17, 15) is 9.59 Å². The van der Waals surface area contributed by atoms with Gasteiger partial charge in [-0.15, -0.1) is 0 Å². The smallest absolute Gasteiger partial charge is 0.341 e. The Hall–Kier alpha value is -5.18. The minimum absolute atomic E-state index is 0.159. The number of carbonyl (C=O) groups excluding carboxylic acids is 1. The van der Waals surface area contributed by atoms with Crippen molar-refractivity contribution in [3.05, 3.63) is 95.6 Å². The highest BCUT2D eigenvalue weighted by molar-refractivity contribution is 5.83. The van der Waals surface area contributed by atoms with Crippen LogP contribution in [-0.4, -0.2) is 44.2 Å². The monoisotopic (exact) mass is 596 g/mol. The maximum absolute atomic E-state index is 14.1. The second-order valence-corrected chi connectivity index (χ2v) is 10.6. The van der Waals surface area contributed by atoms with Crippen molar-refractivity contribution in [2.24, 2.45) is 5.92 Å². The maximum atomic E-state index is 14.1. The largest absolute Gasteiger partial charge is 0.497 e. The molecule has 2 atom stereocenters. The molecule has 4 aromatic rings. The number of hydrogen-bond donors (Lipinski definition) is 1. The summed E-state index contributed by atoms with van der Waals surface area (Å²) in [5.74, 6) is 1.12. The third-order valence-electron chi connectivity index (χ3n) is 7.73. The number of benzene rings is 4. The molecule has 0 aromatic heterocycles. The van der Waals surface area contributed by atoms with Crippen molar-refractivity contribution < 1.29 is 43.1 Å². The lowest BCUT2D eigenvalue weighted by atomic mass is 9.85. The van der Waals surface area contributed by atoms with Crippen LogP contribution in [0.25, 0.3) is 11.1 Å². The fourth-order valence-electron chi connectivity index (χ4n) is 5.71. The number of carbonyl (C=O) groups is 2. The molecule has 9 heteroatoms. The molecule has 1 aliphatic heterocycles. The number of fused-ring (bicyclic) bond motifs is 2. The Morgan fingerprint density at radius 2 is 1.70 bits per heavy atom. The van der Waals surface area contributed by atoms with E-state index in [0.29, 0.717) is 52.9 Å².